The molecular weight excluding hydrogens is 336 g/mol. The Kier molecular flexibility index (Phi) is 2.92. The molecule has 0 aromatic carbocycles. The first-order valence-electron chi connectivity index (χ1n) is 9.33. The first kappa shape index (κ1) is 16.5. The van der Waals surface area contributed by atoms with Crippen LogP contribution < -0.4 is 0 Å². The minimum absolute atomic E-state index is 0.0117. The fraction of sp³-hybridized carbons (Fsp3) is 0.700. The molecule has 7 atom stereocenters. The molecule has 0 radical (unpaired) electrons. The van der Waals surface area contributed by atoms with Crippen LogP contribution in [0.15, 0.2) is 23.0 Å². The summed E-state index contributed by atoms with van der Waals surface area (Å²) in [7, 11) is 0. The summed E-state index contributed by atoms with van der Waals surface area (Å²) < 4.78 is 16.8. The number of epoxide rings is 1. The molecule has 2 saturated heterocycles. The Bertz CT molecular complexity index is 797. The van der Waals surface area contributed by atoms with Crippen molar-refractivity contribution in [3.05, 3.63) is 24.2 Å². The molecular formula is C20H24O6. The van der Waals surface area contributed by atoms with E-state index in [1.165, 1.54) is 0 Å². The van der Waals surface area contributed by atoms with Gasteiger partial charge in [0, 0.05) is 18.4 Å². The monoisotopic (exact) mass is 360 g/mol. The lowest BCUT2D eigenvalue weighted by molar-refractivity contribution is -0.201. The second-order valence-electron chi connectivity index (χ2n) is 9.05. The van der Waals surface area contributed by atoms with Gasteiger partial charge in [0.15, 0.2) is 0 Å². The summed E-state index contributed by atoms with van der Waals surface area (Å²) in [6.45, 7) is 5.52. The number of cyclic esters (lactones) is 1. The Balaban J connectivity index is 1.64. The fourth-order valence-electron chi connectivity index (χ4n) is 6.27. The Morgan fingerprint density at radius 1 is 1.19 bits per heavy atom. The minimum atomic E-state index is -1.44. The van der Waals surface area contributed by atoms with E-state index in [-0.39, 0.29) is 24.2 Å². The van der Waals surface area contributed by atoms with Crippen molar-refractivity contribution in [1.29, 1.82) is 0 Å². The molecule has 5 rings (SSSR count). The highest BCUT2D eigenvalue weighted by molar-refractivity contribution is 5.94. The number of hydrogen-bond donors (Lipinski definition) is 1. The molecule has 1 N–H and O–H groups in total. The van der Waals surface area contributed by atoms with Gasteiger partial charge in [-0.3, -0.25) is 9.59 Å². The van der Waals surface area contributed by atoms with Crippen molar-refractivity contribution in [1.82, 2.24) is 0 Å². The molecule has 0 bridgehead atoms. The van der Waals surface area contributed by atoms with Gasteiger partial charge in [0.25, 0.3) is 0 Å². The summed E-state index contributed by atoms with van der Waals surface area (Å²) >= 11 is 0. The van der Waals surface area contributed by atoms with Gasteiger partial charge in [-0.2, -0.15) is 0 Å². The van der Waals surface area contributed by atoms with Crippen LogP contribution in [-0.4, -0.2) is 34.2 Å². The predicted octanol–water partition coefficient (Wildman–Crippen LogP) is 2.55. The van der Waals surface area contributed by atoms with E-state index in [2.05, 4.69) is 0 Å². The zero-order chi connectivity index (χ0) is 18.5. The molecule has 2 saturated carbocycles. The number of carbonyl (C=O) groups is 2. The Morgan fingerprint density at radius 2 is 1.96 bits per heavy atom. The van der Waals surface area contributed by atoms with Crippen molar-refractivity contribution in [2.75, 3.05) is 0 Å². The molecule has 3 heterocycles. The molecule has 140 valence electrons. The van der Waals surface area contributed by atoms with Crippen molar-refractivity contribution in [3.8, 4) is 0 Å². The molecule has 2 aliphatic heterocycles. The first-order chi connectivity index (χ1) is 12.2. The highest BCUT2D eigenvalue weighted by atomic mass is 16.6. The van der Waals surface area contributed by atoms with Gasteiger partial charge in [0.2, 0.25) is 0 Å². The van der Waals surface area contributed by atoms with Gasteiger partial charge in [-0.15, -0.1) is 0 Å². The number of furan rings is 1. The standard InChI is InChI=1S/C20H24O6/c1-17(23)9-14(21)18(2)13(4-5-15-19(18,3)26-15)20(17)8-12(25-16(20)22)11-6-7-24-10-11/h6-7,10,12-13,15,23H,4-5,8-9H2,1-3H3. The van der Waals surface area contributed by atoms with Crippen molar-refractivity contribution >= 4 is 11.8 Å². The van der Waals surface area contributed by atoms with Crippen LogP contribution in [0.2, 0.25) is 0 Å². The lowest BCUT2D eigenvalue weighted by atomic mass is 9.42. The summed E-state index contributed by atoms with van der Waals surface area (Å²) in [6, 6.07) is 1.78. The van der Waals surface area contributed by atoms with Crippen molar-refractivity contribution in [3.63, 3.8) is 0 Å². The number of carbonyl (C=O) groups excluding carboxylic acids is 2. The summed E-state index contributed by atoms with van der Waals surface area (Å²) in [4.78, 5) is 26.4. The molecule has 7 unspecified atom stereocenters. The molecule has 1 aromatic heterocycles. The maximum absolute atomic E-state index is 13.2. The molecule has 1 aromatic rings. The zero-order valence-corrected chi connectivity index (χ0v) is 15.3. The van der Waals surface area contributed by atoms with Crippen molar-refractivity contribution in [2.45, 2.75) is 69.9 Å². The van der Waals surface area contributed by atoms with Crippen LogP contribution in [0.1, 0.15) is 58.1 Å². The van der Waals surface area contributed by atoms with Gasteiger partial charge in [-0.1, -0.05) is 0 Å². The average Bonchev–Trinajstić information content (AvgIpc) is 2.94. The molecule has 4 fully saturated rings. The fourth-order valence-corrected chi connectivity index (χ4v) is 6.27. The number of aliphatic hydroxyl groups is 1. The Hall–Kier alpha value is -1.66. The number of rotatable bonds is 1. The third-order valence-electron chi connectivity index (χ3n) is 8.07. The zero-order valence-electron chi connectivity index (χ0n) is 15.3. The molecule has 0 amide bonds. The molecule has 1 spiro atoms. The quantitative estimate of drug-likeness (QED) is 0.611. The third kappa shape index (κ3) is 1.62. The number of Topliss-reactive ketones (excluding diaryl/α,β-unsaturated/α-hetero) is 1. The van der Waals surface area contributed by atoms with Gasteiger partial charge in [-0.05, 0) is 45.6 Å². The number of ketones is 1. The first-order valence-corrected chi connectivity index (χ1v) is 9.33. The molecule has 6 nitrogen and oxygen atoms in total. The third-order valence-corrected chi connectivity index (χ3v) is 8.07. The highest BCUT2D eigenvalue weighted by Gasteiger charge is 2.80. The summed E-state index contributed by atoms with van der Waals surface area (Å²) in [6.07, 6.45) is 4.49. The van der Waals surface area contributed by atoms with E-state index in [4.69, 9.17) is 13.9 Å². The number of esters is 1. The van der Waals surface area contributed by atoms with Crippen LogP contribution in [0.3, 0.4) is 0 Å². The minimum Gasteiger partial charge on any atom is -0.472 e. The number of ether oxygens (including phenoxy) is 2. The smallest absolute Gasteiger partial charge is 0.316 e. The molecule has 4 aliphatic rings. The maximum atomic E-state index is 13.2. The van der Waals surface area contributed by atoms with Crippen LogP contribution in [0.4, 0.5) is 0 Å². The van der Waals surface area contributed by atoms with Crippen LogP contribution in [0, 0.1) is 16.7 Å². The second kappa shape index (κ2) is 4.60. The van der Waals surface area contributed by atoms with Gasteiger partial charge < -0.3 is 19.0 Å². The van der Waals surface area contributed by atoms with E-state index in [9.17, 15) is 14.7 Å². The van der Waals surface area contributed by atoms with E-state index >= 15 is 0 Å². The second-order valence-corrected chi connectivity index (χ2v) is 9.05. The van der Waals surface area contributed by atoms with Gasteiger partial charge in [0.1, 0.15) is 22.9 Å². The lowest BCUT2D eigenvalue weighted by Gasteiger charge is -2.58. The van der Waals surface area contributed by atoms with E-state index in [1.54, 1.807) is 25.5 Å². The Morgan fingerprint density at radius 3 is 2.65 bits per heavy atom. The van der Waals surface area contributed by atoms with E-state index in [0.717, 1.165) is 12.0 Å². The number of hydrogen-bond acceptors (Lipinski definition) is 6. The summed E-state index contributed by atoms with van der Waals surface area (Å²) in [5, 5.41) is 11.3. The van der Waals surface area contributed by atoms with Crippen molar-refractivity contribution < 1.29 is 28.6 Å². The topological polar surface area (TPSA) is 89.3 Å². The number of fused-ring (bicyclic) bond motifs is 4. The Labute approximate surface area is 151 Å². The maximum Gasteiger partial charge on any atom is 0.316 e. The van der Waals surface area contributed by atoms with E-state index in [1.807, 2.05) is 13.8 Å². The highest BCUT2D eigenvalue weighted by Crippen LogP contribution is 2.71. The van der Waals surface area contributed by atoms with Gasteiger partial charge in [-0.25, -0.2) is 0 Å². The van der Waals surface area contributed by atoms with E-state index in [0.29, 0.717) is 12.8 Å². The van der Waals surface area contributed by atoms with Crippen LogP contribution in [0.5, 0.6) is 0 Å². The molecule has 2 aliphatic carbocycles. The summed E-state index contributed by atoms with van der Waals surface area (Å²) in [5.41, 5.74) is -3.11. The van der Waals surface area contributed by atoms with Crippen molar-refractivity contribution in [2.24, 2.45) is 16.7 Å². The molecule has 6 heteroatoms. The van der Waals surface area contributed by atoms with Crippen LogP contribution >= 0.6 is 0 Å². The largest absolute Gasteiger partial charge is 0.472 e. The predicted molar refractivity (Wildman–Crippen MR) is 88.9 cm³/mol. The average molecular weight is 360 g/mol. The van der Waals surface area contributed by atoms with Crippen LogP contribution in [-0.2, 0) is 19.1 Å². The normalized spacial score (nSPS) is 52.5. The lowest BCUT2D eigenvalue weighted by Crippen LogP contribution is -2.69. The van der Waals surface area contributed by atoms with Gasteiger partial charge >= 0.3 is 5.97 Å². The van der Waals surface area contributed by atoms with Crippen LogP contribution in [0.25, 0.3) is 0 Å². The SMILES string of the molecule is CC1(O)CC(=O)C2(C)C(CCC3OC32C)C12CC(c1ccoc1)OC2=O. The molecule has 26 heavy (non-hydrogen) atoms. The van der Waals surface area contributed by atoms with Gasteiger partial charge in [0.05, 0.1) is 29.6 Å². The van der Waals surface area contributed by atoms with E-state index < -0.39 is 34.1 Å². The summed E-state index contributed by atoms with van der Waals surface area (Å²) in [5.74, 6) is -0.720.